The van der Waals surface area contributed by atoms with Crippen LogP contribution in [0.15, 0.2) is 59.0 Å². The maximum atomic E-state index is 5.84. The second kappa shape index (κ2) is 5.77. The minimum Gasteiger partial charge on any atom is -0.440 e. The number of anilines is 1. The molecule has 2 heterocycles. The first-order chi connectivity index (χ1) is 11.7. The summed E-state index contributed by atoms with van der Waals surface area (Å²) >= 11 is 0. The van der Waals surface area contributed by atoms with Crippen molar-refractivity contribution in [1.82, 2.24) is 15.0 Å². The van der Waals surface area contributed by atoms with Crippen LogP contribution in [0.1, 0.15) is 17.1 Å². The van der Waals surface area contributed by atoms with Crippen molar-refractivity contribution in [3.63, 3.8) is 0 Å². The molecule has 2 aromatic heterocycles. The van der Waals surface area contributed by atoms with Crippen molar-refractivity contribution in [3.05, 3.63) is 71.7 Å². The van der Waals surface area contributed by atoms with E-state index in [2.05, 4.69) is 27.1 Å². The summed E-state index contributed by atoms with van der Waals surface area (Å²) in [5.74, 6) is 0.974. The molecule has 0 aliphatic carbocycles. The highest BCUT2D eigenvalue weighted by Crippen LogP contribution is 2.25. The van der Waals surface area contributed by atoms with E-state index in [4.69, 9.17) is 10.2 Å². The first-order valence-corrected chi connectivity index (χ1v) is 7.72. The van der Waals surface area contributed by atoms with Crippen molar-refractivity contribution in [1.29, 1.82) is 0 Å². The van der Waals surface area contributed by atoms with Gasteiger partial charge in [0.15, 0.2) is 11.5 Å². The van der Waals surface area contributed by atoms with Gasteiger partial charge in [-0.1, -0.05) is 30.3 Å². The number of nitrogens with two attached hydrogens (primary N) is 1. The largest absolute Gasteiger partial charge is 0.440 e. The van der Waals surface area contributed by atoms with E-state index >= 15 is 0 Å². The van der Waals surface area contributed by atoms with Crippen LogP contribution in [0.4, 0.5) is 5.95 Å². The molecule has 0 radical (unpaired) electrons. The Kier molecular flexibility index (Phi) is 3.46. The predicted octanol–water partition coefficient (Wildman–Crippen LogP) is 3.77. The van der Waals surface area contributed by atoms with Crippen LogP contribution in [-0.4, -0.2) is 15.0 Å². The van der Waals surface area contributed by atoms with Gasteiger partial charge in [0.25, 0.3) is 0 Å². The van der Waals surface area contributed by atoms with E-state index in [-0.39, 0.29) is 5.95 Å². The third-order valence-electron chi connectivity index (χ3n) is 3.80. The molecule has 4 rings (SSSR count). The topological polar surface area (TPSA) is 77.8 Å². The Balaban J connectivity index is 1.70. The van der Waals surface area contributed by atoms with Gasteiger partial charge in [-0.25, -0.2) is 15.0 Å². The van der Waals surface area contributed by atoms with Crippen molar-refractivity contribution in [3.8, 4) is 11.3 Å². The van der Waals surface area contributed by atoms with Gasteiger partial charge in [0.1, 0.15) is 5.52 Å². The Labute approximate surface area is 139 Å². The minimum atomic E-state index is 0.273. The molecule has 2 N–H and O–H groups in total. The predicted molar refractivity (Wildman–Crippen MR) is 93.4 cm³/mol. The summed E-state index contributed by atoms with van der Waals surface area (Å²) in [6.07, 6.45) is 0.671. The van der Waals surface area contributed by atoms with Gasteiger partial charge in [0, 0.05) is 17.7 Å². The van der Waals surface area contributed by atoms with Gasteiger partial charge < -0.3 is 10.2 Å². The maximum Gasteiger partial charge on any atom is 0.220 e. The molecule has 5 nitrogen and oxygen atoms in total. The second-order valence-electron chi connectivity index (χ2n) is 5.71. The number of nitrogen functional groups attached to an aromatic ring is 1. The number of aryl methyl sites for hydroxylation is 1. The molecular formula is C19H16N4O. The van der Waals surface area contributed by atoms with Crippen molar-refractivity contribution in [2.45, 2.75) is 13.3 Å². The lowest BCUT2D eigenvalue weighted by Crippen LogP contribution is -1.98. The van der Waals surface area contributed by atoms with Crippen LogP contribution in [-0.2, 0) is 6.42 Å². The van der Waals surface area contributed by atoms with Crippen LogP contribution < -0.4 is 5.73 Å². The zero-order chi connectivity index (χ0) is 16.5. The van der Waals surface area contributed by atoms with Crippen molar-refractivity contribution in [2.24, 2.45) is 0 Å². The Bertz CT molecular complexity index is 988. The number of nitrogens with zero attached hydrogens (tertiary/aromatic N) is 3. The Morgan fingerprint density at radius 3 is 2.58 bits per heavy atom. The summed E-state index contributed by atoms with van der Waals surface area (Å²) in [5, 5.41) is 0. The van der Waals surface area contributed by atoms with Gasteiger partial charge in [-0.05, 0) is 36.8 Å². The number of hydrogen-bond acceptors (Lipinski definition) is 5. The van der Waals surface area contributed by atoms with E-state index in [1.165, 1.54) is 5.56 Å². The van der Waals surface area contributed by atoms with Crippen LogP contribution in [0, 0.1) is 6.92 Å². The van der Waals surface area contributed by atoms with Gasteiger partial charge in [-0.15, -0.1) is 0 Å². The molecule has 2 aromatic carbocycles. The highest BCUT2D eigenvalue weighted by molar-refractivity contribution is 5.79. The van der Waals surface area contributed by atoms with E-state index in [0.717, 1.165) is 28.1 Å². The third kappa shape index (κ3) is 2.84. The zero-order valence-corrected chi connectivity index (χ0v) is 13.2. The van der Waals surface area contributed by atoms with E-state index < -0.39 is 0 Å². The summed E-state index contributed by atoms with van der Waals surface area (Å²) in [7, 11) is 0. The van der Waals surface area contributed by atoms with Gasteiger partial charge in [0.2, 0.25) is 5.95 Å². The molecule has 0 saturated heterocycles. The Morgan fingerprint density at radius 2 is 1.79 bits per heavy atom. The number of hydrogen-bond donors (Lipinski definition) is 1. The highest BCUT2D eigenvalue weighted by Gasteiger charge is 2.09. The average Bonchev–Trinajstić information content (AvgIpc) is 2.96. The van der Waals surface area contributed by atoms with Crippen molar-refractivity contribution >= 4 is 17.0 Å². The summed E-state index contributed by atoms with van der Waals surface area (Å²) in [6.45, 7) is 1.90. The fourth-order valence-corrected chi connectivity index (χ4v) is 2.72. The molecule has 5 heteroatoms. The standard InChI is InChI=1S/C19H16N4O/c1-12-9-15(23-19(20)21-12)14-7-8-17-16(11-14)22-18(24-17)10-13-5-3-2-4-6-13/h2-9,11H,10H2,1H3,(H2,20,21,23). The van der Waals surface area contributed by atoms with Gasteiger partial charge >= 0.3 is 0 Å². The third-order valence-corrected chi connectivity index (χ3v) is 3.80. The fraction of sp³-hybridized carbons (Fsp3) is 0.105. The van der Waals surface area contributed by atoms with E-state index in [9.17, 15) is 0 Å². The minimum absolute atomic E-state index is 0.273. The molecule has 0 aliphatic heterocycles. The summed E-state index contributed by atoms with van der Waals surface area (Å²) in [6, 6.07) is 17.9. The number of benzene rings is 2. The molecule has 0 spiro atoms. The summed E-state index contributed by atoms with van der Waals surface area (Å²) < 4.78 is 5.84. The van der Waals surface area contributed by atoms with E-state index in [1.54, 1.807) is 0 Å². The fourth-order valence-electron chi connectivity index (χ4n) is 2.72. The Hall–Kier alpha value is -3.21. The lowest BCUT2D eigenvalue weighted by molar-refractivity contribution is 0.544. The normalized spacial score (nSPS) is 11.0. The molecule has 24 heavy (non-hydrogen) atoms. The van der Waals surface area contributed by atoms with Crippen molar-refractivity contribution < 1.29 is 4.42 Å². The van der Waals surface area contributed by atoms with Crippen LogP contribution in [0.25, 0.3) is 22.4 Å². The van der Waals surface area contributed by atoms with Crippen molar-refractivity contribution in [2.75, 3.05) is 5.73 Å². The first kappa shape index (κ1) is 14.4. The number of oxazole rings is 1. The SMILES string of the molecule is Cc1cc(-c2ccc3oc(Cc4ccccc4)nc3c2)nc(N)n1. The molecule has 0 aliphatic rings. The monoisotopic (exact) mass is 316 g/mol. The molecule has 0 atom stereocenters. The van der Waals surface area contributed by atoms with E-state index in [1.807, 2.05) is 49.4 Å². The summed E-state index contributed by atoms with van der Waals surface area (Å²) in [4.78, 5) is 13.0. The average molecular weight is 316 g/mol. The molecule has 118 valence electrons. The van der Waals surface area contributed by atoms with Gasteiger partial charge in [-0.3, -0.25) is 0 Å². The lowest BCUT2D eigenvalue weighted by atomic mass is 10.1. The van der Waals surface area contributed by atoms with Gasteiger partial charge in [-0.2, -0.15) is 0 Å². The molecule has 0 fully saturated rings. The smallest absolute Gasteiger partial charge is 0.220 e. The van der Waals surface area contributed by atoms with Crippen LogP contribution >= 0.6 is 0 Å². The maximum absolute atomic E-state index is 5.84. The van der Waals surface area contributed by atoms with Crippen LogP contribution in [0.3, 0.4) is 0 Å². The first-order valence-electron chi connectivity index (χ1n) is 7.72. The molecule has 0 saturated carbocycles. The number of aromatic nitrogens is 3. The molecule has 0 amide bonds. The molecule has 0 unspecified atom stereocenters. The van der Waals surface area contributed by atoms with Gasteiger partial charge in [0.05, 0.1) is 5.69 Å². The summed E-state index contributed by atoms with van der Waals surface area (Å²) in [5.41, 5.74) is 11.1. The number of fused-ring (bicyclic) bond motifs is 1. The van der Waals surface area contributed by atoms with E-state index in [0.29, 0.717) is 12.3 Å². The highest BCUT2D eigenvalue weighted by atomic mass is 16.3. The Morgan fingerprint density at radius 1 is 0.958 bits per heavy atom. The van der Waals surface area contributed by atoms with Crippen LogP contribution in [0.5, 0.6) is 0 Å². The lowest BCUT2D eigenvalue weighted by Gasteiger charge is -2.02. The molecule has 0 bridgehead atoms. The zero-order valence-electron chi connectivity index (χ0n) is 13.2. The second-order valence-corrected chi connectivity index (χ2v) is 5.71. The number of rotatable bonds is 3. The molecule has 4 aromatic rings. The quantitative estimate of drug-likeness (QED) is 0.622. The molecular weight excluding hydrogens is 300 g/mol. The van der Waals surface area contributed by atoms with Crippen LogP contribution in [0.2, 0.25) is 0 Å².